The van der Waals surface area contributed by atoms with Crippen molar-refractivity contribution in [2.24, 2.45) is 0 Å². The fraction of sp³-hybridized carbons (Fsp3) is 0.118. The molecule has 2 nitrogen and oxygen atoms in total. The number of fused-ring (bicyclic) bond motifs is 1. The van der Waals surface area contributed by atoms with E-state index in [0.29, 0.717) is 38.9 Å². The zero-order chi connectivity index (χ0) is 15.0. The second-order valence-corrected chi connectivity index (χ2v) is 5.61. The Morgan fingerprint density at radius 3 is 2.43 bits per heavy atom. The Balaban J connectivity index is 2.21. The Morgan fingerprint density at radius 2 is 1.76 bits per heavy atom. The number of hydrogen-bond acceptors (Lipinski definition) is 2. The number of rotatable bonds is 3. The number of carbonyl (C=O) groups is 1. The van der Waals surface area contributed by atoms with Crippen LogP contribution >= 0.6 is 23.2 Å². The van der Waals surface area contributed by atoms with Gasteiger partial charge in [0.1, 0.15) is 11.3 Å². The van der Waals surface area contributed by atoms with E-state index in [4.69, 9.17) is 27.6 Å². The van der Waals surface area contributed by atoms with Crippen LogP contribution in [0.5, 0.6) is 0 Å². The van der Waals surface area contributed by atoms with E-state index in [0.717, 1.165) is 5.39 Å². The Kier molecular flexibility index (Phi) is 3.75. The molecule has 0 amide bonds. The second-order valence-electron chi connectivity index (χ2n) is 4.74. The Labute approximate surface area is 132 Å². The summed E-state index contributed by atoms with van der Waals surface area (Å²) in [7, 11) is 0. The molecule has 2 aromatic carbocycles. The van der Waals surface area contributed by atoms with Crippen LogP contribution in [0.3, 0.4) is 0 Å². The van der Waals surface area contributed by atoms with Gasteiger partial charge in [-0.1, -0.05) is 48.3 Å². The number of carbonyl (C=O) groups excluding carboxylic acids is 1. The first-order valence-electron chi connectivity index (χ1n) is 6.61. The van der Waals surface area contributed by atoms with Gasteiger partial charge in [-0.2, -0.15) is 0 Å². The summed E-state index contributed by atoms with van der Waals surface area (Å²) in [6.45, 7) is 1.96. The number of furan rings is 1. The summed E-state index contributed by atoms with van der Waals surface area (Å²) in [5.41, 5.74) is 1.77. The highest BCUT2D eigenvalue weighted by Crippen LogP contribution is 2.30. The van der Waals surface area contributed by atoms with Gasteiger partial charge in [0.05, 0.1) is 5.56 Å². The van der Waals surface area contributed by atoms with Crippen molar-refractivity contribution in [3.8, 4) is 0 Å². The quantitative estimate of drug-likeness (QED) is 0.594. The molecule has 0 saturated heterocycles. The zero-order valence-electron chi connectivity index (χ0n) is 11.3. The number of halogens is 2. The lowest BCUT2D eigenvalue weighted by atomic mass is 9.99. The van der Waals surface area contributed by atoms with Crippen LogP contribution < -0.4 is 0 Å². The van der Waals surface area contributed by atoms with Crippen LogP contribution in [0.2, 0.25) is 10.0 Å². The van der Waals surface area contributed by atoms with E-state index in [2.05, 4.69) is 0 Å². The van der Waals surface area contributed by atoms with Crippen molar-refractivity contribution in [3.63, 3.8) is 0 Å². The van der Waals surface area contributed by atoms with Crippen molar-refractivity contribution >= 4 is 40.0 Å². The highest BCUT2D eigenvalue weighted by atomic mass is 35.5. The molecule has 3 aromatic rings. The standard InChI is InChI=1S/C17H12Cl2O2/c1-2-14-16(13-5-3-4-6-15(13)21-14)17(20)10-7-11(18)9-12(19)8-10/h3-9H,2H2,1H3. The highest BCUT2D eigenvalue weighted by molar-refractivity contribution is 6.35. The number of aryl methyl sites for hydroxylation is 1. The maximum absolute atomic E-state index is 12.8. The SMILES string of the molecule is CCc1oc2ccccc2c1C(=O)c1cc(Cl)cc(Cl)c1. The van der Waals surface area contributed by atoms with Gasteiger partial charge < -0.3 is 4.42 Å². The third kappa shape index (κ3) is 2.57. The summed E-state index contributed by atoms with van der Waals surface area (Å²) in [4.78, 5) is 12.8. The van der Waals surface area contributed by atoms with Crippen LogP contribution in [0.4, 0.5) is 0 Å². The Bertz CT molecular complexity index is 814. The van der Waals surface area contributed by atoms with Gasteiger partial charge >= 0.3 is 0 Å². The number of para-hydroxylation sites is 1. The molecule has 0 N–H and O–H groups in total. The van der Waals surface area contributed by atoms with Crippen molar-refractivity contribution < 1.29 is 9.21 Å². The average molecular weight is 319 g/mol. The molecule has 0 bridgehead atoms. The normalized spacial score (nSPS) is 11.0. The van der Waals surface area contributed by atoms with Crippen molar-refractivity contribution in [1.29, 1.82) is 0 Å². The molecule has 0 atom stereocenters. The van der Waals surface area contributed by atoms with Crippen LogP contribution in [0.1, 0.15) is 28.6 Å². The smallest absolute Gasteiger partial charge is 0.197 e. The van der Waals surface area contributed by atoms with Crippen LogP contribution in [-0.2, 0) is 6.42 Å². The number of benzene rings is 2. The maximum atomic E-state index is 12.8. The molecule has 0 aliphatic rings. The van der Waals surface area contributed by atoms with E-state index in [-0.39, 0.29) is 5.78 Å². The predicted octanol–water partition coefficient (Wildman–Crippen LogP) is 5.53. The van der Waals surface area contributed by atoms with E-state index in [1.165, 1.54) is 0 Å². The molecule has 1 heterocycles. The summed E-state index contributed by atoms with van der Waals surface area (Å²) in [5, 5.41) is 1.70. The van der Waals surface area contributed by atoms with Crippen LogP contribution in [0, 0.1) is 0 Å². The fourth-order valence-corrected chi connectivity index (χ4v) is 2.95. The topological polar surface area (TPSA) is 30.2 Å². The van der Waals surface area contributed by atoms with Crippen LogP contribution in [-0.4, -0.2) is 5.78 Å². The maximum Gasteiger partial charge on any atom is 0.197 e. The van der Waals surface area contributed by atoms with E-state index in [1.54, 1.807) is 18.2 Å². The lowest BCUT2D eigenvalue weighted by molar-refractivity contribution is 0.103. The molecule has 0 spiro atoms. The van der Waals surface area contributed by atoms with Gasteiger partial charge in [0.15, 0.2) is 5.78 Å². The molecular weight excluding hydrogens is 307 g/mol. The van der Waals surface area contributed by atoms with Crippen molar-refractivity contribution in [1.82, 2.24) is 0 Å². The van der Waals surface area contributed by atoms with Crippen molar-refractivity contribution in [2.75, 3.05) is 0 Å². The average Bonchev–Trinajstić information content (AvgIpc) is 2.83. The molecule has 0 fully saturated rings. The third-order valence-corrected chi connectivity index (χ3v) is 3.78. The second kappa shape index (κ2) is 5.55. The van der Waals surface area contributed by atoms with Crippen molar-refractivity contribution in [3.05, 3.63) is 69.4 Å². The molecule has 0 saturated carbocycles. The molecule has 0 unspecified atom stereocenters. The predicted molar refractivity (Wildman–Crippen MR) is 85.5 cm³/mol. The summed E-state index contributed by atoms with van der Waals surface area (Å²) in [6.07, 6.45) is 0.643. The molecule has 1 aromatic heterocycles. The highest BCUT2D eigenvalue weighted by Gasteiger charge is 2.21. The zero-order valence-corrected chi connectivity index (χ0v) is 12.8. The van der Waals surface area contributed by atoms with Gasteiger partial charge in [0.2, 0.25) is 0 Å². The first-order chi connectivity index (χ1) is 10.1. The molecule has 4 heteroatoms. The molecular formula is C17H12Cl2O2. The molecule has 3 rings (SSSR count). The molecule has 106 valence electrons. The van der Waals surface area contributed by atoms with E-state index in [9.17, 15) is 4.79 Å². The minimum Gasteiger partial charge on any atom is -0.460 e. The monoisotopic (exact) mass is 318 g/mol. The van der Waals surface area contributed by atoms with Crippen LogP contribution in [0.15, 0.2) is 46.9 Å². The van der Waals surface area contributed by atoms with Gasteiger partial charge in [-0.05, 0) is 24.3 Å². The fourth-order valence-electron chi connectivity index (χ4n) is 2.42. The third-order valence-electron chi connectivity index (χ3n) is 3.34. The number of ketones is 1. The molecule has 0 radical (unpaired) electrons. The van der Waals surface area contributed by atoms with Crippen LogP contribution in [0.25, 0.3) is 11.0 Å². The van der Waals surface area contributed by atoms with E-state index in [1.807, 2.05) is 31.2 Å². The minimum atomic E-state index is -0.124. The van der Waals surface area contributed by atoms with Gasteiger partial charge in [-0.25, -0.2) is 0 Å². The molecule has 0 aliphatic carbocycles. The first kappa shape index (κ1) is 14.2. The van der Waals surface area contributed by atoms with Gasteiger partial charge in [0.25, 0.3) is 0 Å². The summed E-state index contributed by atoms with van der Waals surface area (Å²) >= 11 is 12.0. The minimum absolute atomic E-state index is 0.124. The lowest BCUT2D eigenvalue weighted by Gasteiger charge is -2.03. The Morgan fingerprint density at radius 1 is 1.10 bits per heavy atom. The summed E-state index contributed by atoms with van der Waals surface area (Å²) < 4.78 is 5.76. The van der Waals surface area contributed by atoms with Gasteiger partial charge in [-0.15, -0.1) is 0 Å². The summed E-state index contributed by atoms with van der Waals surface area (Å²) in [5.74, 6) is 0.554. The summed E-state index contributed by atoms with van der Waals surface area (Å²) in [6, 6.07) is 12.4. The number of hydrogen-bond donors (Lipinski definition) is 0. The van der Waals surface area contributed by atoms with Crippen molar-refractivity contribution in [2.45, 2.75) is 13.3 Å². The van der Waals surface area contributed by atoms with E-state index >= 15 is 0 Å². The lowest BCUT2D eigenvalue weighted by Crippen LogP contribution is -2.03. The van der Waals surface area contributed by atoms with Gasteiger partial charge in [0, 0.05) is 27.4 Å². The molecule has 0 aliphatic heterocycles. The first-order valence-corrected chi connectivity index (χ1v) is 7.37. The largest absolute Gasteiger partial charge is 0.460 e. The Hall–Kier alpha value is -1.77. The molecule has 21 heavy (non-hydrogen) atoms. The van der Waals surface area contributed by atoms with E-state index < -0.39 is 0 Å². The van der Waals surface area contributed by atoms with Gasteiger partial charge in [-0.3, -0.25) is 4.79 Å².